The summed E-state index contributed by atoms with van der Waals surface area (Å²) in [5.41, 5.74) is 3.65. The van der Waals surface area contributed by atoms with E-state index in [2.05, 4.69) is 0 Å². The number of hydrogen-bond acceptors (Lipinski definition) is 8. The zero-order valence-electron chi connectivity index (χ0n) is 24.7. The third kappa shape index (κ3) is 11.6. The standard InChI is InChI=1S/C28H36N2O11S3/c1-20-18-24(28(31)32)10-12-26(20)29(14-6-16-42(33,34)35)22(3)8-5-9-23(4)30(15-7-17-43(36,37)38)27-13-11-25(19-21(27)2)44(39,40)41/h5,8-13,18-19H,6-7,14-17H2,1-4H3,(H3-,31,32,33,34,35,36,37,38,39,40,41)/p+1. The van der Waals surface area contributed by atoms with E-state index in [1.54, 1.807) is 61.5 Å². The number of anilines is 1. The molecule has 0 saturated carbocycles. The second kappa shape index (κ2) is 15.0. The van der Waals surface area contributed by atoms with Gasteiger partial charge in [-0.3, -0.25) is 13.7 Å². The molecule has 0 heterocycles. The predicted molar refractivity (Wildman–Crippen MR) is 167 cm³/mol. The van der Waals surface area contributed by atoms with E-state index in [0.29, 0.717) is 33.9 Å². The summed E-state index contributed by atoms with van der Waals surface area (Å²) in [6.45, 7) is 7.18. The molecule has 0 aliphatic heterocycles. The topological polar surface area (TPSA) is 207 Å². The number of carboxylic acid groups (broad SMARTS) is 1. The third-order valence-corrected chi connectivity index (χ3v) is 9.04. The highest BCUT2D eigenvalue weighted by Crippen LogP contribution is 2.26. The van der Waals surface area contributed by atoms with E-state index in [1.807, 2.05) is 0 Å². The van der Waals surface area contributed by atoms with Gasteiger partial charge in [-0.25, -0.2) is 4.79 Å². The number of allylic oxidation sites excluding steroid dienone is 4. The molecule has 2 rings (SSSR count). The van der Waals surface area contributed by atoms with E-state index < -0.39 is 47.8 Å². The van der Waals surface area contributed by atoms with Crippen molar-refractivity contribution < 1.29 is 53.4 Å². The number of carbonyl (C=O) groups is 1. The Hall–Kier alpha value is -3.41. The van der Waals surface area contributed by atoms with Crippen LogP contribution in [-0.4, -0.2) is 84.9 Å². The highest BCUT2D eigenvalue weighted by molar-refractivity contribution is 7.86. The Labute approximate surface area is 258 Å². The van der Waals surface area contributed by atoms with Crippen LogP contribution in [-0.2, 0) is 30.4 Å². The van der Waals surface area contributed by atoms with Gasteiger partial charge < -0.3 is 10.0 Å². The third-order valence-electron chi connectivity index (χ3n) is 6.59. The van der Waals surface area contributed by atoms with Gasteiger partial charge in [0.05, 0.1) is 22.0 Å². The molecule has 0 fully saturated rings. The summed E-state index contributed by atoms with van der Waals surface area (Å²) in [5, 5.41) is 9.32. The summed E-state index contributed by atoms with van der Waals surface area (Å²) in [7, 11) is -12.9. The number of benzene rings is 2. The van der Waals surface area contributed by atoms with Crippen LogP contribution in [0.15, 0.2) is 65.2 Å². The van der Waals surface area contributed by atoms with Gasteiger partial charge in [0.2, 0.25) is 5.69 Å². The van der Waals surface area contributed by atoms with Crippen LogP contribution in [0.1, 0.15) is 48.2 Å². The van der Waals surface area contributed by atoms with Crippen molar-refractivity contribution in [3.05, 3.63) is 77.0 Å². The van der Waals surface area contributed by atoms with Gasteiger partial charge in [0.25, 0.3) is 30.4 Å². The van der Waals surface area contributed by atoms with Crippen molar-refractivity contribution in [2.45, 2.75) is 45.4 Å². The lowest BCUT2D eigenvalue weighted by atomic mass is 10.1. The molecule has 0 bridgehead atoms. The highest BCUT2D eigenvalue weighted by Gasteiger charge is 2.20. The molecule has 16 heteroatoms. The molecule has 0 radical (unpaired) electrons. The minimum absolute atomic E-state index is 0.0472. The number of nitrogens with zero attached hydrogens (tertiary/aromatic N) is 2. The molecule has 0 atom stereocenters. The van der Waals surface area contributed by atoms with Gasteiger partial charge in [-0.05, 0) is 69.2 Å². The second-order valence-electron chi connectivity index (χ2n) is 10.1. The zero-order valence-corrected chi connectivity index (χ0v) is 27.2. The average molecular weight is 674 g/mol. The molecule has 4 N–H and O–H groups in total. The molecule has 2 aromatic rings. The van der Waals surface area contributed by atoms with Crippen molar-refractivity contribution in [2.24, 2.45) is 0 Å². The summed E-state index contributed by atoms with van der Waals surface area (Å²) in [4.78, 5) is 12.9. The fraction of sp³-hybridized carbons (Fsp3) is 0.357. The molecule has 0 aromatic heterocycles. The normalized spacial score (nSPS) is 13.7. The van der Waals surface area contributed by atoms with Gasteiger partial charge in [-0.2, -0.15) is 29.8 Å². The average Bonchev–Trinajstić information content (AvgIpc) is 2.87. The quantitative estimate of drug-likeness (QED) is 0.0920. The number of aryl methyl sites for hydroxylation is 2. The maximum atomic E-state index is 11.6. The van der Waals surface area contributed by atoms with Gasteiger partial charge in [0.1, 0.15) is 6.54 Å². The number of aromatic carboxylic acids is 1. The van der Waals surface area contributed by atoms with Crippen LogP contribution < -0.4 is 4.90 Å². The molecule has 44 heavy (non-hydrogen) atoms. The Balaban J connectivity index is 2.52. The molecule has 0 spiro atoms. The Bertz CT molecular complexity index is 1810. The van der Waals surface area contributed by atoms with E-state index in [0.717, 1.165) is 0 Å². The lowest BCUT2D eigenvalue weighted by molar-refractivity contribution is -0.440. The van der Waals surface area contributed by atoms with Gasteiger partial charge in [0.15, 0.2) is 5.71 Å². The van der Waals surface area contributed by atoms with Gasteiger partial charge in [-0.1, -0.05) is 6.08 Å². The number of hydrogen-bond donors (Lipinski definition) is 4. The Morgan fingerprint density at radius 2 is 1.48 bits per heavy atom. The summed E-state index contributed by atoms with van der Waals surface area (Å²) in [6, 6.07) is 8.52. The lowest BCUT2D eigenvalue weighted by Crippen LogP contribution is -2.25. The molecule has 0 amide bonds. The Morgan fingerprint density at radius 3 is 2.00 bits per heavy atom. The van der Waals surface area contributed by atoms with Crippen LogP contribution >= 0.6 is 0 Å². The first-order valence-corrected chi connectivity index (χ1v) is 17.9. The van der Waals surface area contributed by atoms with Crippen molar-refractivity contribution in [1.82, 2.24) is 0 Å². The van der Waals surface area contributed by atoms with E-state index in [-0.39, 0.29) is 36.4 Å². The fourth-order valence-corrected chi connectivity index (χ4v) is 6.03. The first-order chi connectivity index (χ1) is 20.2. The monoisotopic (exact) mass is 673 g/mol. The van der Waals surface area contributed by atoms with Gasteiger partial charge in [0, 0.05) is 49.0 Å². The predicted octanol–water partition coefficient (Wildman–Crippen LogP) is 3.88. The van der Waals surface area contributed by atoms with Crippen LogP contribution in [0.2, 0.25) is 0 Å². The van der Waals surface area contributed by atoms with Crippen LogP contribution in [0.3, 0.4) is 0 Å². The molecular weight excluding hydrogens is 637 g/mol. The minimum atomic E-state index is -4.44. The first-order valence-electron chi connectivity index (χ1n) is 13.3. The van der Waals surface area contributed by atoms with Crippen molar-refractivity contribution in [3.8, 4) is 0 Å². The molecule has 242 valence electrons. The smallest absolute Gasteiger partial charge is 0.335 e. The maximum absolute atomic E-state index is 11.6. The van der Waals surface area contributed by atoms with E-state index >= 15 is 0 Å². The fourth-order valence-electron chi connectivity index (χ4n) is 4.47. The van der Waals surface area contributed by atoms with E-state index in [9.17, 15) is 48.8 Å². The van der Waals surface area contributed by atoms with Crippen LogP contribution in [0, 0.1) is 13.8 Å². The summed E-state index contributed by atoms with van der Waals surface area (Å²) >= 11 is 0. The molecule has 0 aliphatic rings. The van der Waals surface area contributed by atoms with Gasteiger partial charge >= 0.3 is 5.97 Å². The zero-order chi connectivity index (χ0) is 33.5. The number of carboxylic acids is 1. The maximum Gasteiger partial charge on any atom is 0.335 e. The van der Waals surface area contributed by atoms with Crippen LogP contribution in [0.25, 0.3) is 0 Å². The molecular formula is C28H37N2O11S3+. The van der Waals surface area contributed by atoms with Gasteiger partial charge in [-0.15, -0.1) is 0 Å². The van der Waals surface area contributed by atoms with Crippen molar-refractivity contribution in [3.63, 3.8) is 0 Å². The lowest BCUT2D eigenvalue weighted by Gasteiger charge is -2.27. The first kappa shape index (κ1) is 36.8. The van der Waals surface area contributed by atoms with Crippen molar-refractivity contribution >= 4 is 53.4 Å². The highest BCUT2D eigenvalue weighted by atomic mass is 32.2. The molecule has 0 saturated heterocycles. The van der Waals surface area contributed by atoms with Crippen molar-refractivity contribution in [2.75, 3.05) is 29.5 Å². The van der Waals surface area contributed by atoms with Crippen LogP contribution in [0.5, 0.6) is 0 Å². The molecule has 13 nitrogen and oxygen atoms in total. The largest absolute Gasteiger partial charge is 0.478 e. The Kier molecular flexibility index (Phi) is 12.6. The molecule has 0 aliphatic carbocycles. The Morgan fingerprint density at radius 1 is 0.864 bits per heavy atom. The van der Waals surface area contributed by atoms with E-state index in [1.165, 1.54) is 30.3 Å². The summed E-state index contributed by atoms with van der Waals surface area (Å²) in [5.74, 6) is -2.07. The number of rotatable bonds is 15. The van der Waals surface area contributed by atoms with E-state index in [4.69, 9.17) is 0 Å². The SMILES string of the molecule is C\C(=C/C=C/C(C)=[N+](\CCCS(=O)(=O)O)c1ccc(S(=O)(=O)O)cc1C)N(CCCS(=O)(=O)O)c1ccc(C(=O)O)cc1C. The molecule has 2 aromatic carbocycles. The van der Waals surface area contributed by atoms with Crippen molar-refractivity contribution in [1.29, 1.82) is 0 Å². The summed E-state index contributed by atoms with van der Waals surface area (Å²) in [6.07, 6.45) is 5.26. The summed E-state index contributed by atoms with van der Waals surface area (Å²) < 4.78 is 97.9. The second-order valence-corrected chi connectivity index (χ2v) is 14.7. The molecule has 0 unspecified atom stereocenters. The minimum Gasteiger partial charge on any atom is -0.478 e. The van der Waals surface area contributed by atoms with Crippen LogP contribution in [0.4, 0.5) is 11.4 Å².